The summed E-state index contributed by atoms with van der Waals surface area (Å²) in [5.41, 5.74) is 2.02. The Hall–Kier alpha value is -2.64. The summed E-state index contributed by atoms with van der Waals surface area (Å²) in [6.45, 7) is 10.0. The molecule has 0 aromatic heterocycles. The largest absolute Gasteiger partial charge is 0.496 e. The van der Waals surface area contributed by atoms with Crippen molar-refractivity contribution in [1.82, 2.24) is 0 Å². The number of hydrogen-bond donors (Lipinski definition) is 0. The molecular formula is C28H34FO2P. The zero-order valence-electron chi connectivity index (χ0n) is 19.8. The average Bonchev–Trinajstić information content (AvgIpc) is 2.81. The Labute approximate surface area is 193 Å². The van der Waals surface area contributed by atoms with E-state index in [2.05, 4.69) is 24.8 Å². The van der Waals surface area contributed by atoms with Crippen molar-refractivity contribution in [3.8, 4) is 11.5 Å². The van der Waals surface area contributed by atoms with Gasteiger partial charge in [-0.3, -0.25) is 0 Å². The Morgan fingerprint density at radius 3 is 1.97 bits per heavy atom. The van der Waals surface area contributed by atoms with Gasteiger partial charge in [-0.2, -0.15) is 0 Å². The molecule has 1 atom stereocenters. The molecule has 1 unspecified atom stereocenters. The number of rotatable bonds is 11. The van der Waals surface area contributed by atoms with Gasteiger partial charge in [-0.25, -0.2) is 4.39 Å². The van der Waals surface area contributed by atoms with Gasteiger partial charge in [0.25, 0.3) is 0 Å². The minimum atomic E-state index is -1.08. The van der Waals surface area contributed by atoms with Crippen LogP contribution in [0.3, 0.4) is 0 Å². The molecule has 0 aliphatic heterocycles. The maximum Gasteiger partial charge on any atom is 0.127 e. The third-order valence-electron chi connectivity index (χ3n) is 5.02. The molecule has 0 saturated carbocycles. The number of alkyl halides is 1. The number of hydrogen-bond acceptors (Lipinski definition) is 2. The maximum absolute atomic E-state index is 15.0. The van der Waals surface area contributed by atoms with Crippen molar-refractivity contribution in [2.45, 2.75) is 39.8 Å². The van der Waals surface area contributed by atoms with Gasteiger partial charge in [0.15, 0.2) is 0 Å². The monoisotopic (exact) mass is 452 g/mol. The number of ether oxygens (including phenoxy) is 2. The third-order valence-corrected chi connectivity index (χ3v) is 7.64. The fourth-order valence-corrected chi connectivity index (χ4v) is 6.27. The van der Waals surface area contributed by atoms with Crippen LogP contribution >= 0.6 is 7.92 Å². The highest BCUT2D eigenvalue weighted by atomic mass is 31.1. The highest BCUT2D eigenvalue weighted by molar-refractivity contribution is 7.77. The molecule has 32 heavy (non-hydrogen) atoms. The fourth-order valence-electron chi connectivity index (χ4n) is 3.48. The number of allylic oxidation sites excluding steroid dienone is 7. The van der Waals surface area contributed by atoms with Gasteiger partial charge in [-0.1, -0.05) is 72.9 Å². The molecule has 0 N–H and O–H groups in total. The highest BCUT2D eigenvalue weighted by Crippen LogP contribution is 2.50. The van der Waals surface area contributed by atoms with E-state index in [1.807, 2.05) is 69.3 Å². The first kappa shape index (κ1) is 25.6. The molecule has 0 fully saturated rings. The van der Waals surface area contributed by atoms with Crippen molar-refractivity contribution in [2.75, 3.05) is 14.2 Å². The number of benzene rings is 2. The van der Waals surface area contributed by atoms with Crippen molar-refractivity contribution in [1.29, 1.82) is 0 Å². The molecule has 0 saturated heterocycles. The second-order valence-electron chi connectivity index (χ2n) is 7.61. The fraction of sp³-hybridized carbons (Fsp3) is 0.286. The predicted molar refractivity (Wildman–Crippen MR) is 138 cm³/mol. The van der Waals surface area contributed by atoms with Crippen molar-refractivity contribution < 1.29 is 13.9 Å². The van der Waals surface area contributed by atoms with Gasteiger partial charge in [-0.05, 0) is 58.1 Å². The molecule has 0 aliphatic carbocycles. The number of halogens is 1. The molecule has 2 nitrogen and oxygen atoms in total. The van der Waals surface area contributed by atoms with Gasteiger partial charge in [0, 0.05) is 17.0 Å². The first-order chi connectivity index (χ1) is 15.5. The van der Waals surface area contributed by atoms with Crippen molar-refractivity contribution in [3.63, 3.8) is 0 Å². The van der Waals surface area contributed by atoms with Crippen LogP contribution in [0.15, 0.2) is 95.9 Å². The number of methoxy groups -OCH3 is 2. The van der Waals surface area contributed by atoms with Gasteiger partial charge in [0.1, 0.15) is 17.7 Å². The smallest absolute Gasteiger partial charge is 0.127 e. The minimum Gasteiger partial charge on any atom is -0.496 e. The third kappa shape index (κ3) is 6.68. The normalized spacial score (nSPS) is 13.0. The SMILES string of the molecule is C=C/C(CC(F)CC=C(C)C)=C(\C=C/C)P(c1ccccc1OC)c1ccccc1OC. The summed E-state index contributed by atoms with van der Waals surface area (Å²) in [7, 11) is 2.28. The Morgan fingerprint density at radius 2 is 1.53 bits per heavy atom. The Bertz CT molecular complexity index is 939. The zero-order valence-corrected chi connectivity index (χ0v) is 20.7. The van der Waals surface area contributed by atoms with E-state index >= 15 is 0 Å². The molecule has 0 radical (unpaired) electrons. The second-order valence-corrected chi connectivity index (χ2v) is 9.73. The minimum absolute atomic E-state index is 0.302. The van der Waals surface area contributed by atoms with Crippen LogP contribution in [0.4, 0.5) is 4.39 Å². The lowest BCUT2D eigenvalue weighted by molar-refractivity contribution is 0.335. The van der Waals surface area contributed by atoms with Crippen LogP contribution in [0.1, 0.15) is 33.6 Å². The first-order valence-corrected chi connectivity index (χ1v) is 12.1. The van der Waals surface area contributed by atoms with E-state index in [0.717, 1.165) is 38.6 Å². The quantitative estimate of drug-likeness (QED) is 0.203. The highest BCUT2D eigenvalue weighted by Gasteiger charge is 2.26. The molecule has 2 rings (SSSR count). The van der Waals surface area contributed by atoms with Crippen LogP contribution in [-0.4, -0.2) is 20.4 Å². The maximum atomic E-state index is 15.0. The molecule has 2 aromatic rings. The van der Waals surface area contributed by atoms with E-state index in [0.29, 0.717) is 12.8 Å². The van der Waals surface area contributed by atoms with E-state index in [-0.39, 0.29) is 0 Å². The van der Waals surface area contributed by atoms with E-state index in [9.17, 15) is 4.39 Å². The Balaban J connectivity index is 2.75. The van der Waals surface area contributed by atoms with Crippen LogP contribution in [0.5, 0.6) is 11.5 Å². The van der Waals surface area contributed by atoms with E-state index in [1.165, 1.54) is 0 Å². The molecule has 0 spiro atoms. The van der Waals surface area contributed by atoms with Crippen molar-refractivity contribution in [3.05, 3.63) is 95.9 Å². The summed E-state index contributed by atoms with van der Waals surface area (Å²) in [6, 6.07) is 16.0. The summed E-state index contributed by atoms with van der Waals surface area (Å²) in [4.78, 5) is 0. The summed E-state index contributed by atoms with van der Waals surface area (Å²) in [6.07, 6.45) is 7.54. The van der Waals surface area contributed by atoms with Gasteiger partial charge in [0.2, 0.25) is 0 Å². The topological polar surface area (TPSA) is 18.5 Å². The molecule has 0 bridgehead atoms. The molecule has 2 aromatic carbocycles. The van der Waals surface area contributed by atoms with Crippen LogP contribution < -0.4 is 20.1 Å². The van der Waals surface area contributed by atoms with Gasteiger partial charge in [-0.15, -0.1) is 0 Å². The number of para-hydroxylation sites is 2. The van der Waals surface area contributed by atoms with Gasteiger partial charge in [0.05, 0.1) is 14.2 Å². The lowest BCUT2D eigenvalue weighted by Crippen LogP contribution is -2.18. The van der Waals surface area contributed by atoms with Crippen LogP contribution in [0, 0.1) is 0 Å². The summed E-state index contributed by atoms with van der Waals surface area (Å²) >= 11 is 0. The summed E-state index contributed by atoms with van der Waals surface area (Å²) in [5, 5.41) is 3.16. The zero-order chi connectivity index (χ0) is 23.5. The molecule has 170 valence electrons. The summed E-state index contributed by atoms with van der Waals surface area (Å²) in [5.74, 6) is 1.60. The van der Waals surface area contributed by atoms with E-state index in [1.54, 1.807) is 20.3 Å². The van der Waals surface area contributed by atoms with E-state index < -0.39 is 14.1 Å². The van der Waals surface area contributed by atoms with E-state index in [4.69, 9.17) is 9.47 Å². The predicted octanol–water partition coefficient (Wildman–Crippen LogP) is 7.24. The van der Waals surface area contributed by atoms with Crippen molar-refractivity contribution in [2.24, 2.45) is 0 Å². The molecular weight excluding hydrogens is 418 g/mol. The van der Waals surface area contributed by atoms with Crippen LogP contribution in [-0.2, 0) is 0 Å². The summed E-state index contributed by atoms with van der Waals surface area (Å²) < 4.78 is 26.4. The molecule has 0 heterocycles. The lowest BCUT2D eigenvalue weighted by atomic mass is 10.1. The lowest BCUT2D eigenvalue weighted by Gasteiger charge is -2.26. The standard InChI is InChI=1S/C28H34FO2P/c1-7-13-26(22(8-2)20-23(29)19-18-21(3)4)32(27-16-11-9-14-24(27)30-5)28-17-12-10-15-25(28)31-6/h7-18,23H,2,19-20H2,1,3-6H3/b13-7-,26-22-. The van der Waals surface area contributed by atoms with Crippen LogP contribution in [0.25, 0.3) is 0 Å². The van der Waals surface area contributed by atoms with Gasteiger partial charge >= 0.3 is 0 Å². The Morgan fingerprint density at radius 1 is 1.00 bits per heavy atom. The Kier molecular flexibility index (Phi) is 10.4. The van der Waals surface area contributed by atoms with Gasteiger partial charge < -0.3 is 9.47 Å². The molecule has 0 amide bonds. The van der Waals surface area contributed by atoms with Crippen molar-refractivity contribution >= 4 is 18.5 Å². The second kappa shape index (κ2) is 13.0. The molecule has 0 aliphatic rings. The van der Waals surface area contributed by atoms with Crippen LogP contribution in [0.2, 0.25) is 0 Å². The average molecular weight is 453 g/mol. The molecule has 4 heteroatoms. The first-order valence-electron chi connectivity index (χ1n) is 10.8.